The first-order valence-corrected chi connectivity index (χ1v) is 9.78. The van der Waals surface area contributed by atoms with Crippen LogP contribution in [0, 0.1) is 0 Å². The van der Waals surface area contributed by atoms with Gasteiger partial charge in [-0.1, -0.05) is 46.0 Å². The summed E-state index contributed by atoms with van der Waals surface area (Å²) in [6, 6.07) is 7.18. The van der Waals surface area contributed by atoms with E-state index >= 15 is 0 Å². The summed E-state index contributed by atoms with van der Waals surface area (Å²) in [6.45, 7) is -0.604. The van der Waals surface area contributed by atoms with Gasteiger partial charge in [-0.25, -0.2) is 0 Å². The molecule has 2 aromatic carbocycles. The summed E-state index contributed by atoms with van der Waals surface area (Å²) >= 11 is 17.6. The Kier molecular flexibility index (Phi) is 6.61. The largest absolute Gasteiger partial charge is 0.471 e. The van der Waals surface area contributed by atoms with Crippen molar-refractivity contribution in [1.82, 2.24) is 5.32 Å². The van der Waals surface area contributed by atoms with Gasteiger partial charge in [-0.3, -0.25) is 4.79 Å². The number of rotatable bonds is 4. The fourth-order valence-corrected chi connectivity index (χ4v) is 3.72. The third-order valence-electron chi connectivity index (χ3n) is 4.59. The Balaban J connectivity index is 1.91. The predicted octanol–water partition coefficient (Wildman–Crippen LogP) is 6.41. The molecular formula is C19H11Cl3F6N2O2. The van der Waals surface area contributed by atoms with E-state index in [9.17, 15) is 31.1 Å². The first-order chi connectivity index (χ1) is 14.7. The summed E-state index contributed by atoms with van der Waals surface area (Å²) < 4.78 is 79.3. The Morgan fingerprint density at radius 1 is 1.03 bits per heavy atom. The number of alkyl halides is 6. The summed E-state index contributed by atoms with van der Waals surface area (Å²) in [6.07, 6.45) is -10.8. The lowest BCUT2D eigenvalue weighted by molar-refractivity contribution is -0.275. The molecule has 1 heterocycles. The van der Waals surface area contributed by atoms with Gasteiger partial charge in [-0.15, -0.1) is 0 Å². The average molecular weight is 520 g/mol. The molecule has 1 aliphatic rings. The molecule has 0 bridgehead atoms. The summed E-state index contributed by atoms with van der Waals surface area (Å²) in [5.74, 6) is -2.19. The van der Waals surface area contributed by atoms with Crippen molar-refractivity contribution in [3.05, 3.63) is 68.2 Å². The molecule has 4 nitrogen and oxygen atoms in total. The van der Waals surface area contributed by atoms with Crippen LogP contribution in [0.15, 0.2) is 41.6 Å². The standard InChI is InChI=1S/C19H11Cl3F6N2O2/c20-12-4-11(5-13(21)6-12)17(19(26,27)28)7-15(30-32-17)9-1-2-14(22)10(3-9)8-29-16(31)18(23,24)25/h1-6H,7-8H2,(H,29,31). The Morgan fingerprint density at radius 2 is 1.66 bits per heavy atom. The lowest BCUT2D eigenvalue weighted by atomic mass is 9.86. The van der Waals surface area contributed by atoms with E-state index in [0.717, 1.165) is 12.1 Å². The number of benzene rings is 2. The monoisotopic (exact) mass is 518 g/mol. The third kappa shape index (κ3) is 4.92. The average Bonchev–Trinajstić information content (AvgIpc) is 3.12. The van der Waals surface area contributed by atoms with Gasteiger partial charge in [0.2, 0.25) is 0 Å². The molecule has 1 N–H and O–H groups in total. The van der Waals surface area contributed by atoms with E-state index in [1.807, 2.05) is 0 Å². The molecule has 1 amide bonds. The molecule has 32 heavy (non-hydrogen) atoms. The molecule has 172 valence electrons. The Labute approximate surface area is 192 Å². The highest BCUT2D eigenvalue weighted by Gasteiger charge is 2.62. The number of halogens is 9. The zero-order chi connectivity index (χ0) is 23.9. The number of carbonyl (C=O) groups is 1. The second-order valence-electron chi connectivity index (χ2n) is 6.78. The third-order valence-corrected chi connectivity index (χ3v) is 5.40. The van der Waals surface area contributed by atoms with Crippen LogP contribution >= 0.6 is 34.8 Å². The highest BCUT2D eigenvalue weighted by molar-refractivity contribution is 6.34. The molecule has 0 fully saturated rings. The van der Waals surface area contributed by atoms with Crippen LogP contribution < -0.4 is 5.32 Å². The first kappa shape index (κ1) is 24.5. The summed E-state index contributed by atoms with van der Waals surface area (Å²) in [5.41, 5.74) is -3.22. The minimum Gasteiger partial charge on any atom is -0.374 e. The molecular weight excluding hydrogens is 509 g/mol. The van der Waals surface area contributed by atoms with Gasteiger partial charge < -0.3 is 10.2 Å². The van der Waals surface area contributed by atoms with Crippen LogP contribution in [0.25, 0.3) is 0 Å². The van der Waals surface area contributed by atoms with E-state index in [0.29, 0.717) is 0 Å². The van der Waals surface area contributed by atoms with Gasteiger partial charge >= 0.3 is 18.3 Å². The smallest absolute Gasteiger partial charge is 0.374 e. The second kappa shape index (κ2) is 8.64. The van der Waals surface area contributed by atoms with Gasteiger partial charge in [-0.2, -0.15) is 26.3 Å². The number of amides is 1. The number of hydrogen-bond donors (Lipinski definition) is 1. The van der Waals surface area contributed by atoms with Crippen LogP contribution in [0.4, 0.5) is 26.3 Å². The van der Waals surface area contributed by atoms with Gasteiger partial charge in [0.15, 0.2) is 0 Å². The summed E-state index contributed by atoms with van der Waals surface area (Å²) in [4.78, 5) is 15.9. The van der Waals surface area contributed by atoms with Crippen LogP contribution in [0.1, 0.15) is 23.1 Å². The number of hydrogen-bond acceptors (Lipinski definition) is 3. The molecule has 0 radical (unpaired) electrons. The summed E-state index contributed by atoms with van der Waals surface area (Å²) in [5, 5.41) is 5.14. The van der Waals surface area contributed by atoms with Crippen molar-refractivity contribution < 1.29 is 36.0 Å². The SMILES string of the molecule is O=C(NCc1cc(C2=NOC(c3cc(Cl)cc(Cl)c3)(C(F)(F)F)C2)ccc1Cl)C(F)(F)F. The lowest BCUT2D eigenvalue weighted by Crippen LogP contribution is -2.42. The van der Waals surface area contributed by atoms with E-state index in [2.05, 4.69) is 5.16 Å². The van der Waals surface area contributed by atoms with E-state index in [1.54, 1.807) is 5.32 Å². The molecule has 1 atom stereocenters. The number of nitrogens with zero attached hydrogens (tertiary/aromatic N) is 1. The molecule has 0 saturated heterocycles. The van der Waals surface area contributed by atoms with Crippen molar-refractivity contribution in [1.29, 1.82) is 0 Å². The van der Waals surface area contributed by atoms with Gasteiger partial charge in [-0.05, 0) is 41.5 Å². The molecule has 3 rings (SSSR count). The van der Waals surface area contributed by atoms with Crippen molar-refractivity contribution in [2.75, 3.05) is 0 Å². The molecule has 0 aromatic heterocycles. The van der Waals surface area contributed by atoms with Crippen LogP contribution in [-0.2, 0) is 21.8 Å². The van der Waals surface area contributed by atoms with Gasteiger partial charge in [0.25, 0.3) is 5.60 Å². The molecule has 2 aromatic rings. The maximum atomic E-state index is 14.1. The second-order valence-corrected chi connectivity index (χ2v) is 8.06. The van der Waals surface area contributed by atoms with E-state index in [4.69, 9.17) is 39.6 Å². The molecule has 0 saturated carbocycles. The molecule has 1 aliphatic heterocycles. The normalized spacial score (nSPS) is 18.8. The van der Waals surface area contributed by atoms with Gasteiger partial charge in [0.1, 0.15) is 0 Å². The minimum atomic E-state index is -5.10. The van der Waals surface area contributed by atoms with E-state index < -0.39 is 36.8 Å². The van der Waals surface area contributed by atoms with Crippen LogP contribution in [0.5, 0.6) is 0 Å². The topological polar surface area (TPSA) is 50.7 Å². The quantitative estimate of drug-likeness (QED) is 0.475. The van der Waals surface area contributed by atoms with Crippen LogP contribution in [0.3, 0.4) is 0 Å². The fourth-order valence-electron chi connectivity index (χ4n) is 3.01. The first-order valence-electron chi connectivity index (χ1n) is 8.65. The minimum absolute atomic E-state index is 0.000512. The van der Waals surface area contributed by atoms with Crippen molar-refractivity contribution >= 4 is 46.4 Å². The van der Waals surface area contributed by atoms with Crippen molar-refractivity contribution in [3.63, 3.8) is 0 Å². The predicted molar refractivity (Wildman–Crippen MR) is 106 cm³/mol. The summed E-state index contributed by atoms with van der Waals surface area (Å²) in [7, 11) is 0. The van der Waals surface area contributed by atoms with E-state index in [1.165, 1.54) is 24.3 Å². The number of oxime groups is 1. The molecule has 0 spiro atoms. The number of nitrogens with one attached hydrogen (secondary N) is 1. The lowest BCUT2D eigenvalue weighted by Gasteiger charge is -2.29. The van der Waals surface area contributed by atoms with Crippen molar-refractivity contribution in [2.45, 2.75) is 30.9 Å². The maximum Gasteiger partial charge on any atom is 0.471 e. The molecule has 13 heteroatoms. The Bertz CT molecular complexity index is 1070. The highest BCUT2D eigenvalue weighted by Crippen LogP contribution is 2.49. The van der Waals surface area contributed by atoms with Crippen LogP contribution in [0.2, 0.25) is 15.1 Å². The fraction of sp³-hybridized carbons (Fsp3) is 0.263. The highest BCUT2D eigenvalue weighted by atomic mass is 35.5. The zero-order valence-corrected chi connectivity index (χ0v) is 17.8. The zero-order valence-electron chi connectivity index (χ0n) is 15.5. The molecule has 1 unspecified atom stereocenters. The van der Waals surface area contributed by atoms with Crippen molar-refractivity contribution in [3.8, 4) is 0 Å². The van der Waals surface area contributed by atoms with E-state index in [-0.39, 0.29) is 37.5 Å². The Hall–Kier alpha value is -2.17. The van der Waals surface area contributed by atoms with Gasteiger partial charge in [0, 0.05) is 33.6 Å². The molecule has 0 aliphatic carbocycles. The number of carbonyl (C=O) groups excluding carboxylic acids is 1. The van der Waals surface area contributed by atoms with Gasteiger partial charge in [0.05, 0.1) is 5.71 Å². The Morgan fingerprint density at radius 3 is 2.22 bits per heavy atom. The maximum absolute atomic E-state index is 14.1. The van der Waals surface area contributed by atoms with Crippen LogP contribution in [-0.4, -0.2) is 24.0 Å². The van der Waals surface area contributed by atoms with Crippen molar-refractivity contribution in [2.24, 2.45) is 5.16 Å².